The highest BCUT2D eigenvalue weighted by molar-refractivity contribution is 7.99. The number of aromatic nitrogens is 1. The van der Waals surface area contributed by atoms with Gasteiger partial charge in [0, 0.05) is 41.5 Å². The minimum Gasteiger partial charge on any atom is -0.487 e. The summed E-state index contributed by atoms with van der Waals surface area (Å²) < 4.78 is 37.7. The van der Waals surface area contributed by atoms with Gasteiger partial charge in [-0.3, -0.25) is 0 Å². The zero-order valence-corrected chi connectivity index (χ0v) is 17.6. The molecule has 31 heavy (non-hydrogen) atoms. The van der Waals surface area contributed by atoms with E-state index in [0.717, 1.165) is 30.5 Å². The summed E-state index contributed by atoms with van der Waals surface area (Å²) in [5.41, 5.74) is 6.12. The quantitative estimate of drug-likeness (QED) is 0.313. The number of ether oxygens (including phenoxy) is 1. The number of nitrogens with one attached hydrogen (secondary N) is 1. The first-order valence-corrected chi connectivity index (χ1v) is 10.7. The molecule has 0 unspecified atom stereocenters. The fourth-order valence-corrected chi connectivity index (χ4v) is 3.42. The molecule has 3 rings (SSSR count). The zero-order chi connectivity index (χ0) is 21.9. The van der Waals surface area contributed by atoms with E-state index in [9.17, 15) is 8.78 Å². The van der Waals surface area contributed by atoms with Crippen LogP contribution in [0.4, 0.5) is 8.78 Å². The summed E-state index contributed by atoms with van der Waals surface area (Å²) in [6, 6.07) is 11.2. The summed E-state index contributed by atoms with van der Waals surface area (Å²) in [5.74, 6) is 0.777. The van der Waals surface area contributed by atoms with E-state index in [4.69, 9.17) is 14.9 Å². The van der Waals surface area contributed by atoms with E-state index >= 15 is 0 Å². The molecule has 0 saturated carbocycles. The van der Waals surface area contributed by atoms with Crippen molar-refractivity contribution in [1.82, 2.24) is 10.3 Å². The molecule has 8 heteroatoms. The van der Waals surface area contributed by atoms with Gasteiger partial charge < -0.3 is 20.2 Å². The van der Waals surface area contributed by atoms with E-state index in [1.807, 2.05) is 24.3 Å². The number of halogens is 2. The standard InChI is InChI=1S/C23H23F2N3O2S/c24-18-4-2-17(22(25)14-18)3-9-23-28-19(16-30-23)15-29-20-5-7-21(8-6-20)31-13-1-11-27-12-10-26/h2-10,12,14,16,27H,1,11,13,15,26H2/b9-3+,12-10-. The van der Waals surface area contributed by atoms with Gasteiger partial charge in [0.1, 0.15) is 35.9 Å². The molecule has 0 aliphatic carbocycles. The molecule has 0 aliphatic heterocycles. The molecule has 5 nitrogen and oxygen atoms in total. The van der Waals surface area contributed by atoms with Crippen molar-refractivity contribution in [2.75, 3.05) is 12.3 Å². The summed E-state index contributed by atoms with van der Waals surface area (Å²) in [6.45, 7) is 1.13. The predicted octanol–water partition coefficient (Wildman–Crippen LogP) is 5.20. The van der Waals surface area contributed by atoms with E-state index in [0.29, 0.717) is 11.6 Å². The molecule has 2 aromatic carbocycles. The molecule has 0 bridgehead atoms. The maximum atomic E-state index is 13.7. The van der Waals surface area contributed by atoms with Crippen LogP contribution < -0.4 is 15.8 Å². The summed E-state index contributed by atoms with van der Waals surface area (Å²) in [6.07, 6.45) is 8.73. The first-order valence-electron chi connectivity index (χ1n) is 9.67. The van der Waals surface area contributed by atoms with Gasteiger partial charge in [-0.05, 0) is 54.6 Å². The van der Waals surface area contributed by atoms with Crippen LogP contribution in [0, 0.1) is 11.6 Å². The van der Waals surface area contributed by atoms with Gasteiger partial charge in [-0.2, -0.15) is 0 Å². The Morgan fingerprint density at radius 2 is 1.97 bits per heavy atom. The maximum Gasteiger partial charge on any atom is 0.218 e. The molecule has 3 aromatic rings. The van der Waals surface area contributed by atoms with Gasteiger partial charge in [0.25, 0.3) is 0 Å². The lowest BCUT2D eigenvalue weighted by atomic mass is 10.2. The highest BCUT2D eigenvalue weighted by atomic mass is 32.2. The SMILES string of the molecule is N/C=C\NCCCSc1ccc(OCc2coc(/C=C/c3ccc(F)cc3F)n2)cc1. The van der Waals surface area contributed by atoms with E-state index in [2.05, 4.69) is 10.3 Å². The van der Waals surface area contributed by atoms with Crippen molar-refractivity contribution in [1.29, 1.82) is 0 Å². The van der Waals surface area contributed by atoms with Gasteiger partial charge in [-0.1, -0.05) is 0 Å². The normalized spacial score (nSPS) is 11.4. The second-order valence-electron chi connectivity index (χ2n) is 6.45. The lowest BCUT2D eigenvalue weighted by Gasteiger charge is -2.06. The second kappa shape index (κ2) is 11.8. The van der Waals surface area contributed by atoms with Crippen molar-refractivity contribution in [3.63, 3.8) is 0 Å². The summed E-state index contributed by atoms with van der Waals surface area (Å²) in [7, 11) is 0. The van der Waals surface area contributed by atoms with Crippen molar-refractivity contribution in [3.05, 3.63) is 89.9 Å². The molecule has 0 saturated heterocycles. The number of thioether (sulfide) groups is 1. The molecular formula is C23H23F2N3O2S. The average molecular weight is 444 g/mol. The largest absolute Gasteiger partial charge is 0.487 e. The number of rotatable bonds is 11. The Labute approximate surface area is 184 Å². The molecule has 0 aliphatic rings. The Hall–Kier alpha value is -3.26. The van der Waals surface area contributed by atoms with E-state index in [1.54, 1.807) is 18.0 Å². The number of nitrogens with zero attached hydrogens (tertiary/aromatic N) is 1. The number of oxazole rings is 1. The topological polar surface area (TPSA) is 73.3 Å². The van der Waals surface area contributed by atoms with Crippen LogP contribution in [0.3, 0.4) is 0 Å². The second-order valence-corrected chi connectivity index (χ2v) is 7.62. The minimum atomic E-state index is -0.645. The van der Waals surface area contributed by atoms with Crippen LogP contribution in [0.5, 0.6) is 5.75 Å². The Balaban J connectivity index is 1.44. The van der Waals surface area contributed by atoms with Crippen LogP contribution in [0.15, 0.2) is 70.4 Å². The lowest BCUT2D eigenvalue weighted by molar-refractivity contribution is 0.301. The Kier molecular flexibility index (Phi) is 8.54. The van der Waals surface area contributed by atoms with Gasteiger partial charge in [0.05, 0.1) is 0 Å². The van der Waals surface area contributed by atoms with Gasteiger partial charge >= 0.3 is 0 Å². The first kappa shape index (κ1) is 22.4. The number of hydrogen-bond acceptors (Lipinski definition) is 6. The minimum absolute atomic E-state index is 0.245. The summed E-state index contributed by atoms with van der Waals surface area (Å²) >= 11 is 1.78. The summed E-state index contributed by atoms with van der Waals surface area (Å²) in [4.78, 5) is 5.45. The molecule has 0 radical (unpaired) electrons. The molecule has 0 fully saturated rings. The van der Waals surface area contributed by atoms with Crippen molar-refractivity contribution >= 4 is 23.9 Å². The van der Waals surface area contributed by atoms with Crippen molar-refractivity contribution in [3.8, 4) is 5.75 Å². The fourth-order valence-electron chi connectivity index (χ4n) is 2.57. The molecule has 0 amide bonds. The smallest absolute Gasteiger partial charge is 0.218 e. The number of benzene rings is 2. The van der Waals surface area contributed by atoms with Crippen LogP contribution in [-0.4, -0.2) is 17.3 Å². The Bertz CT molecular complexity index is 1020. The first-order chi connectivity index (χ1) is 15.1. The van der Waals surface area contributed by atoms with E-state index < -0.39 is 11.6 Å². The zero-order valence-electron chi connectivity index (χ0n) is 16.8. The van der Waals surface area contributed by atoms with E-state index in [1.165, 1.54) is 41.6 Å². The maximum absolute atomic E-state index is 13.7. The average Bonchev–Trinajstić information content (AvgIpc) is 3.23. The van der Waals surface area contributed by atoms with E-state index in [-0.39, 0.29) is 12.2 Å². The Morgan fingerprint density at radius 3 is 2.74 bits per heavy atom. The molecule has 162 valence electrons. The number of hydrogen-bond donors (Lipinski definition) is 2. The molecule has 0 spiro atoms. The van der Waals surface area contributed by atoms with Crippen molar-refractivity contribution < 1.29 is 17.9 Å². The third-order valence-electron chi connectivity index (χ3n) is 4.10. The molecular weight excluding hydrogens is 420 g/mol. The highest BCUT2D eigenvalue weighted by Crippen LogP contribution is 2.22. The highest BCUT2D eigenvalue weighted by Gasteiger charge is 2.05. The monoisotopic (exact) mass is 443 g/mol. The van der Waals surface area contributed by atoms with Crippen LogP contribution in [0.2, 0.25) is 0 Å². The van der Waals surface area contributed by atoms with Gasteiger partial charge in [0.15, 0.2) is 0 Å². The van der Waals surface area contributed by atoms with Crippen molar-refractivity contribution in [2.24, 2.45) is 5.73 Å². The predicted molar refractivity (Wildman–Crippen MR) is 119 cm³/mol. The van der Waals surface area contributed by atoms with Crippen LogP contribution >= 0.6 is 11.8 Å². The molecule has 1 aromatic heterocycles. The summed E-state index contributed by atoms with van der Waals surface area (Å²) in [5, 5.41) is 3.10. The lowest BCUT2D eigenvalue weighted by Crippen LogP contribution is -2.08. The van der Waals surface area contributed by atoms with Gasteiger partial charge in [0.2, 0.25) is 5.89 Å². The number of nitrogens with two attached hydrogens (primary N) is 1. The van der Waals surface area contributed by atoms with Crippen LogP contribution in [0.25, 0.3) is 12.2 Å². The Morgan fingerprint density at radius 1 is 1.13 bits per heavy atom. The fraction of sp³-hybridized carbons (Fsp3) is 0.174. The molecule has 3 N–H and O–H groups in total. The third kappa shape index (κ3) is 7.49. The van der Waals surface area contributed by atoms with Gasteiger partial charge in [-0.15, -0.1) is 11.8 Å². The van der Waals surface area contributed by atoms with Crippen molar-refractivity contribution in [2.45, 2.75) is 17.9 Å². The molecule has 0 atom stereocenters. The van der Waals surface area contributed by atoms with Gasteiger partial charge in [-0.25, -0.2) is 13.8 Å². The van der Waals surface area contributed by atoms with Crippen LogP contribution in [-0.2, 0) is 6.61 Å². The van der Waals surface area contributed by atoms with Crippen LogP contribution in [0.1, 0.15) is 23.6 Å². The third-order valence-corrected chi connectivity index (χ3v) is 5.19. The molecule has 1 heterocycles.